The number of hydrogen-bond donors (Lipinski definition) is 1. The van der Waals surface area contributed by atoms with Crippen LogP contribution in [0.25, 0.3) is 6.08 Å². The third kappa shape index (κ3) is 5.03. The van der Waals surface area contributed by atoms with Crippen LogP contribution in [0.1, 0.15) is 11.1 Å². The number of para-hydroxylation sites is 1. The summed E-state index contributed by atoms with van der Waals surface area (Å²) in [6, 6.07) is 15.3. The van der Waals surface area contributed by atoms with Crippen LogP contribution < -0.4 is 15.0 Å². The van der Waals surface area contributed by atoms with Crippen molar-refractivity contribution in [3.05, 3.63) is 97.0 Å². The normalized spacial score (nSPS) is 15.0. The molecule has 1 aliphatic heterocycles. The fraction of sp³-hybridized carbons (Fsp3) is 0.0417. The Morgan fingerprint density at radius 2 is 1.74 bits per heavy atom. The molecule has 172 valence electrons. The molecule has 10 heteroatoms. The van der Waals surface area contributed by atoms with Crippen molar-refractivity contribution in [3.63, 3.8) is 0 Å². The molecule has 0 unspecified atom stereocenters. The Bertz CT molecular complexity index is 1340. The average Bonchev–Trinajstić information content (AvgIpc) is 2.78. The third-order valence-electron chi connectivity index (χ3n) is 4.86. The Balaban J connectivity index is 1.63. The summed E-state index contributed by atoms with van der Waals surface area (Å²) in [7, 11) is 0. The molecule has 3 aromatic rings. The largest absolute Gasteiger partial charge is 0.486 e. The number of benzene rings is 3. The number of thiocarbonyl (C=S) groups is 1. The lowest BCUT2D eigenvalue weighted by Gasteiger charge is -2.29. The maximum atomic E-state index is 14.3. The minimum atomic E-state index is -0.746. The molecule has 0 aromatic heterocycles. The van der Waals surface area contributed by atoms with E-state index < -0.39 is 17.6 Å². The lowest BCUT2D eigenvalue weighted by atomic mass is 10.1. The Morgan fingerprint density at radius 3 is 2.41 bits per heavy atom. The average molecular weight is 655 g/mol. The van der Waals surface area contributed by atoms with Gasteiger partial charge in [-0.05, 0) is 92.7 Å². The Kier molecular flexibility index (Phi) is 7.39. The highest BCUT2D eigenvalue weighted by molar-refractivity contribution is 14.1. The Morgan fingerprint density at radius 1 is 1.06 bits per heavy atom. The first-order valence-electron chi connectivity index (χ1n) is 9.77. The smallest absolute Gasteiger partial charge is 0.270 e. The molecule has 1 heterocycles. The summed E-state index contributed by atoms with van der Waals surface area (Å²) in [6.45, 7) is 0.0254. The van der Waals surface area contributed by atoms with Crippen molar-refractivity contribution in [2.45, 2.75) is 6.61 Å². The van der Waals surface area contributed by atoms with Gasteiger partial charge in [0.15, 0.2) is 5.11 Å². The number of carbonyl (C=O) groups is 2. The molecule has 1 saturated heterocycles. The lowest BCUT2D eigenvalue weighted by molar-refractivity contribution is -0.122. The summed E-state index contributed by atoms with van der Waals surface area (Å²) in [6.07, 6.45) is 1.39. The standard InChI is InChI=1S/C24H14BrF2IN2O3S/c25-16-10-13(11-19(28)21(16)33-12-14-5-1-2-6-17(14)26)9-15-22(31)29-24(34)30(23(15)32)20-8-4-3-7-18(20)27/h1-11H,12H2,(H,29,31,34)/b15-9+. The molecule has 5 nitrogen and oxygen atoms in total. The highest BCUT2D eigenvalue weighted by atomic mass is 127. The molecule has 0 radical (unpaired) electrons. The van der Waals surface area contributed by atoms with Gasteiger partial charge in [-0.2, -0.15) is 0 Å². The predicted molar refractivity (Wildman–Crippen MR) is 140 cm³/mol. The summed E-state index contributed by atoms with van der Waals surface area (Å²) in [4.78, 5) is 26.6. The van der Waals surface area contributed by atoms with Crippen molar-refractivity contribution in [2.75, 3.05) is 4.90 Å². The zero-order valence-corrected chi connectivity index (χ0v) is 21.7. The first-order chi connectivity index (χ1) is 16.3. The molecule has 34 heavy (non-hydrogen) atoms. The van der Waals surface area contributed by atoms with E-state index in [1.54, 1.807) is 36.4 Å². The molecule has 2 amide bonds. The van der Waals surface area contributed by atoms with Crippen LogP contribution in [0.2, 0.25) is 0 Å². The van der Waals surface area contributed by atoms with E-state index in [1.807, 2.05) is 22.6 Å². The van der Waals surface area contributed by atoms with Crippen molar-refractivity contribution in [3.8, 4) is 5.75 Å². The minimum absolute atomic E-state index is 0.0254. The van der Waals surface area contributed by atoms with Crippen LogP contribution in [0.3, 0.4) is 0 Å². The summed E-state index contributed by atoms with van der Waals surface area (Å²) in [5, 5.41) is 2.23. The molecule has 3 aromatic carbocycles. The van der Waals surface area contributed by atoms with Crippen molar-refractivity contribution in [1.82, 2.24) is 5.32 Å². The quantitative estimate of drug-likeness (QED) is 0.165. The van der Waals surface area contributed by atoms with Gasteiger partial charge in [-0.25, -0.2) is 13.7 Å². The first kappa shape index (κ1) is 24.4. The van der Waals surface area contributed by atoms with Crippen molar-refractivity contribution in [1.29, 1.82) is 0 Å². The summed E-state index contributed by atoms with van der Waals surface area (Å²) in [5.74, 6) is -1.96. The molecule has 0 atom stereocenters. The second-order valence-electron chi connectivity index (χ2n) is 7.10. The lowest BCUT2D eigenvalue weighted by Crippen LogP contribution is -2.54. The number of anilines is 1. The fourth-order valence-corrected chi connectivity index (χ4v) is 5.28. The van der Waals surface area contributed by atoms with Gasteiger partial charge in [0.1, 0.15) is 29.6 Å². The van der Waals surface area contributed by atoms with E-state index in [4.69, 9.17) is 17.0 Å². The number of nitrogens with one attached hydrogen (secondary N) is 1. The minimum Gasteiger partial charge on any atom is -0.486 e. The van der Waals surface area contributed by atoms with E-state index >= 15 is 0 Å². The molecule has 0 bridgehead atoms. The zero-order valence-electron chi connectivity index (χ0n) is 17.2. The fourth-order valence-electron chi connectivity index (χ4n) is 3.24. The predicted octanol–water partition coefficient (Wildman–Crippen LogP) is 5.74. The van der Waals surface area contributed by atoms with Gasteiger partial charge >= 0.3 is 0 Å². The van der Waals surface area contributed by atoms with Gasteiger partial charge in [0.05, 0.1) is 13.7 Å². The molecule has 1 aliphatic rings. The number of ether oxygens (including phenoxy) is 1. The number of nitrogens with zero attached hydrogens (tertiary/aromatic N) is 1. The van der Waals surface area contributed by atoms with Crippen LogP contribution >= 0.6 is 50.7 Å². The van der Waals surface area contributed by atoms with E-state index in [0.717, 1.165) is 4.90 Å². The van der Waals surface area contributed by atoms with Crippen LogP contribution in [-0.2, 0) is 16.2 Å². The highest BCUT2D eigenvalue weighted by Crippen LogP contribution is 2.34. The van der Waals surface area contributed by atoms with E-state index in [-0.39, 0.29) is 28.8 Å². The van der Waals surface area contributed by atoms with E-state index in [2.05, 4.69) is 21.2 Å². The summed E-state index contributed by atoms with van der Waals surface area (Å²) < 4.78 is 35.2. The van der Waals surface area contributed by atoms with Crippen LogP contribution in [0.15, 0.2) is 70.7 Å². The molecule has 0 saturated carbocycles. The number of rotatable bonds is 5. The summed E-state index contributed by atoms with van der Waals surface area (Å²) >= 11 is 10.6. The van der Waals surface area contributed by atoms with E-state index in [1.165, 1.54) is 30.3 Å². The van der Waals surface area contributed by atoms with Crippen molar-refractivity contribution < 1.29 is 23.1 Å². The van der Waals surface area contributed by atoms with Crippen LogP contribution in [0.4, 0.5) is 14.5 Å². The topological polar surface area (TPSA) is 58.6 Å². The number of carbonyl (C=O) groups excluding carboxylic acids is 2. The van der Waals surface area contributed by atoms with Gasteiger partial charge in [-0.3, -0.25) is 14.9 Å². The Labute approximate surface area is 221 Å². The molecule has 1 N–H and O–H groups in total. The van der Waals surface area contributed by atoms with E-state index in [0.29, 0.717) is 24.9 Å². The first-order valence-corrected chi connectivity index (χ1v) is 12.1. The van der Waals surface area contributed by atoms with Crippen molar-refractivity contribution in [2.24, 2.45) is 0 Å². The van der Waals surface area contributed by atoms with Gasteiger partial charge in [0.2, 0.25) is 0 Å². The molecule has 0 spiro atoms. The molecular formula is C24H14BrF2IN2O3S. The molecule has 4 rings (SSSR count). The monoisotopic (exact) mass is 654 g/mol. The molecular weight excluding hydrogens is 641 g/mol. The third-order valence-corrected chi connectivity index (χ3v) is 6.53. The maximum Gasteiger partial charge on any atom is 0.270 e. The van der Waals surface area contributed by atoms with Gasteiger partial charge in [0.25, 0.3) is 11.8 Å². The summed E-state index contributed by atoms with van der Waals surface area (Å²) in [5.41, 5.74) is 0.662. The van der Waals surface area contributed by atoms with Crippen LogP contribution in [-0.4, -0.2) is 16.9 Å². The SMILES string of the molecule is O=C1NC(=S)N(c2ccccc2F)C(=O)/C1=C/c1cc(Br)c(OCc2ccccc2F)c(I)c1. The number of amides is 2. The molecule has 0 aliphatic carbocycles. The maximum absolute atomic E-state index is 14.3. The second-order valence-corrected chi connectivity index (χ2v) is 9.51. The van der Waals surface area contributed by atoms with Crippen LogP contribution in [0.5, 0.6) is 5.75 Å². The Hall–Kier alpha value is -2.70. The van der Waals surface area contributed by atoms with Gasteiger partial charge in [-0.1, -0.05) is 30.3 Å². The second kappa shape index (κ2) is 10.3. The van der Waals surface area contributed by atoms with E-state index in [9.17, 15) is 18.4 Å². The van der Waals surface area contributed by atoms with Crippen LogP contribution in [0, 0.1) is 15.2 Å². The number of hydrogen-bond acceptors (Lipinski definition) is 4. The van der Waals surface area contributed by atoms with Gasteiger partial charge in [0, 0.05) is 5.56 Å². The number of halogens is 4. The highest BCUT2D eigenvalue weighted by Gasteiger charge is 2.35. The van der Waals surface area contributed by atoms with Crippen molar-refractivity contribution >= 4 is 79.4 Å². The van der Waals surface area contributed by atoms with Gasteiger partial charge in [-0.15, -0.1) is 0 Å². The molecule has 1 fully saturated rings. The van der Waals surface area contributed by atoms with Gasteiger partial charge < -0.3 is 4.74 Å². The zero-order chi connectivity index (χ0) is 24.4.